The molecule has 3 nitrogen and oxygen atoms in total. The van der Waals surface area contributed by atoms with E-state index in [1.54, 1.807) is 6.20 Å². The van der Waals surface area contributed by atoms with Gasteiger partial charge in [0.2, 0.25) is 0 Å². The number of aromatic nitrogens is 1. The van der Waals surface area contributed by atoms with Crippen LogP contribution in [0.3, 0.4) is 0 Å². The van der Waals surface area contributed by atoms with Crippen molar-refractivity contribution in [1.29, 1.82) is 0 Å². The highest BCUT2D eigenvalue weighted by Gasteiger charge is 2.29. The minimum atomic E-state index is -0.363. The highest BCUT2D eigenvalue weighted by atomic mass is 35.5. The third kappa shape index (κ3) is 4.12. The van der Waals surface area contributed by atoms with Crippen molar-refractivity contribution in [3.05, 3.63) is 83.4 Å². The van der Waals surface area contributed by atoms with Crippen LogP contribution in [0.2, 0.25) is 5.02 Å². The van der Waals surface area contributed by atoms with E-state index >= 15 is 0 Å². The van der Waals surface area contributed by atoms with Crippen LogP contribution in [0.5, 0.6) is 5.75 Å². The Balaban J connectivity index is 1.63. The van der Waals surface area contributed by atoms with Crippen LogP contribution < -0.4 is 10.1 Å². The van der Waals surface area contributed by atoms with Gasteiger partial charge in [-0.3, -0.25) is 4.98 Å². The summed E-state index contributed by atoms with van der Waals surface area (Å²) in [6.45, 7) is 1.74. The number of hydrogen-bond acceptors (Lipinski definition) is 3. The van der Waals surface area contributed by atoms with Gasteiger partial charge in [-0.1, -0.05) is 48.0 Å². The summed E-state index contributed by atoms with van der Waals surface area (Å²) in [4.78, 5) is 3.99. The second-order valence-electron chi connectivity index (χ2n) is 6.74. The molecule has 1 N–H and O–H groups in total. The Morgan fingerprint density at radius 3 is 2.63 bits per heavy atom. The van der Waals surface area contributed by atoms with E-state index in [2.05, 4.69) is 10.3 Å². The van der Waals surface area contributed by atoms with Gasteiger partial charge in [0.15, 0.2) is 0 Å². The second-order valence-corrected chi connectivity index (χ2v) is 7.15. The fraction of sp³-hybridized carbons (Fsp3) is 0.227. The van der Waals surface area contributed by atoms with Crippen molar-refractivity contribution in [1.82, 2.24) is 10.3 Å². The van der Waals surface area contributed by atoms with Crippen molar-refractivity contribution in [3.63, 3.8) is 0 Å². The molecule has 138 valence electrons. The zero-order chi connectivity index (χ0) is 18.6. The molecule has 0 unspecified atom stereocenters. The summed E-state index contributed by atoms with van der Waals surface area (Å²) in [5.41, 5.74) is 2.85. The Kier molecular flexibility index (Phi) is 5.37. The summed E-state index contributed by atoms with van der Waals surface area (Å²) in [5.74, 6) is 0.466. The first-order valence-corrected chi connectivity index (χ1v) is 9.41. The van der Waals surface area contributed by atoms with Crippen molar-refractivity contribution in [3.8, 4) is 16.9 Å². The first kappa shape index (κ1) is 18.0. The maximum absolute atomic E-state index is 13.7. The first-order chi connectivity index (χ1) is 13.2. The molecule has 1 aliphatic heterocycles. The molecule has 1 saturated heterocycles. The number of nitrogens with one attached hydrogen (secondary N) is 1. The van der Waals surface area contributed by atoms with Gasteiger partial charge in [0.05, 0.1) is 11.2 Å². The SMILES string of the molecule is Fc1cncc([C@@H](Oc2ccc(-c3ccccc3)cc2Cl)[C@@H]2CCNC2)c1. The molecule has 27 heavy (non-hydrogen) atoms. The van der Waals surface area contributed by atoms with Crippen molar-refractivity contribution < 1.29 is 9.13 Å². The lowest BCUT2D eigenvalue weighted by molar-refractivity contribution is 0.144. The van der Waals surface area contributed by atoms with Crippen LogP contribution >= 0.6 is 11.6 Å². The van der Waals surface area contributed by atoms with E-state index in [1.807, 2.05) is 48.5 Å². The second kappa shape index (κ2) is 8.07. The Morgan fingerprint density at radius 1 is 1.07 bits per heavy atom. The molecule has 2 atom stereocenters. The van der Waals surface area contributed by atoms with E-state index in [1.165, 1.54) is 12.3 Å². The van der Waals surface area contributed by atoms with Crippen molar-refractivity contribution in [2.24, 2.45) is 5.92 Å². The predicted octanol–water partition coefficient (Wildman–Crippen LogP) is 5.27. The van der Waals surface area contributed by atoms with E-state index in [4.69, 9.17) is 16.3 Å². The molecule has 1 fully saturated rings. The molecular formula is C22H20ClFN2O. The molecule has 0 amide bonds. The molecule has 2 aromatic carbocycles. The molecule has 0 aliphatic carbocycles. The van der Waals surface area contributed by atoms with E-state index in [0.717, 1.165) is 36.2 Å². The molecule has 1 aromatic heterocycles. The monoisotopic (exact) mass is 382 g/mol. The van der Waals surface area contributed by atoms with Crippen LogP contribution in [0.4, 0.5) is 4.39 Å². The molecule has 0 saturated carbocycles. The largest absolute Gasteiger partial charge is 0.484 e. The average molecular weight is 383 g/mol. The van der Waals surface area contributed by atoms with Crippen molar-refractivity contribution in [2.45, 2.75) is 12.5 Å². The Bertz CT molecular complexity index is 913. The molecular weight excluding hydrogens is 363 g/mol. The minimum Gasteiger partial charge on any atom is -0.484 e. The van der Waals surface area contributed by atoms with E-state index < -0.39 is 0 Å². The maximum atomic E-state index is 13.7. The Hall–Kier alpha value is -2.43. The number of benzene rings is 2. The summed E-state index contributed by atoms with van der Waals surface area (Å²) in [5, 5.41) is 3.88. The number of nitrogens with zero attached hydrogens (tertiary/aromatic N) is 1. The van der Waals surface area contributed by atoms with Gasteiger partial charge in [-0.2, -0.15) is 0 Å². The van der Waals surface area contributed by atoms with E-state index in [9.17, 15) is 4.39 Å². The van der Waals surface area contributed by atoms with Gasteiger partial charge in [-0.25, -0.2) is 4.39 Å². The smallest absolute Gasteiger partial charge is 0.141 e. The lowest BCUT2D eigenvalue weighted by atomic mass is 9.95. The third-order valence-corrected chi connectivity index (χ3v) is 5.17. The van der Waals surface area contributed by atoms with Crippen LogP contribution in [0.1, 0.15) is 18.1 Å². The topological polar surface area (TPSA) is 34.1 Å². The van der Waals surface area contributed by atoms with Crippen molar-refractivity contribution >= 4 is 11.6 Å². The van der Waals surface area contributed by atoms with Gasteiger partial charge in [0.1, 0.15) is 17.7 Å². The molecule has 2 heterocycles. The molecule has 0 radical (unpaired) electrons. The van der Waals surface area contributed by atoms with E-state index in [-0.39, 0.29) is 17.8 Å². The fourth-order valence-corrected chi connectivity index (χ4v) is 3.72. The number of halogens is 2. The molecule has 0 spiro atoms. The Labute approximate surface area is 163 Å². The quantitative estimate of drug-likeness (QED) is 0.652. The molecule has 5 heteroatoms. The normalized spacial score (nSPS) is 17.6. The Morgan fingerprint density at radius 2 is 1.93 bits per heavy atom. The summed E-state index contributed by atoms with van der Waals surface area (Å²) < 4.78 is 20.0. The third-order valence-electron chi connectivity index (χ3n) is 4.87. The lowest BCUT2D eigenvalue weighted by Crippen LogP contribution is -2.21. The van der Waals surface area contributed by atoms with Gasteiger partial charge in [-0.05, 0) is 42.3 Å². The van der Waals surface area contributed by atoms with Crippen LogP contribution in [-0.2, 0) is 0 Å². The standard InChI is InChI=1S/C22H20ClFN2O/c23-20-11-16(15-4-2-1-3-5-15)6-7-21(20)27-22(17-8-9-25-12-17)18-10-19(24)14-26-13-18/h1-7,10-11,13-14,17,22,25H,8-9,12H2/t17-,22+/m1/s1. The summed E-state index contributed by atoms with van der Waals surface area (Å²) in [7, 11) is 0. The van der Waals surface area contributed by atoms with Crippen LogP contribution in [-0.4, -0.2) is 18.1 Å². The van der Waals surface area contributed by atoms with Gasteiger partial charge in [-0.15, -0.1) is 0 Å². The number of ether oxygens (including phenoxy) is 1. The summed E-state index contributed by atoms with van der Waals surface area (Å²) in [6.07, 6.45) is 3.53. The van der Waals surface area contributed by atoms with Gasteiger partial charge in [0, 0.05) is 24.2 Å². The van der Waals surface area contributed by atoms with Gasteiger partial charge < -0.3 is 10.1 Å². The zero-order valence-corrected chi connectivity index (χ0v) is 15.5. The number of hydrogen-bond donors (Lipinski definition) is 1. The average Bonchev–Trinajstić information content (AvgIpc) is 3.22. The highest BCUT2D eigenvalue weighted by Crippen LogP contribution is 2.37. The summed E-state index contributed by atoms with van der Waals surface area (Å²) in [6, 6.07) is 17.3. The summed E-state index contributed by atoms with van der Waals surface area (Å²) >= 11 is 6.52. The fourth-order valence-electron chi connectivity index (χ4n) is 3.50. The van der Waals surface area contributed by atoms with Gasteiger partial charge >= 0.3 is 0 Å². The molecule has 4 rings (SSSR count). The van der Waals surface area contributed by atoms with Gasteiger partial charge in [0.25, 0.3) is 0 Å². The molecule has 1 aliphatic rings. The van der Waals surface area contributed by atoms with Crippen molar-refractivity contribution in [2.75, 3.05) is 13.1 Å². The lowest BCUT2D eigenvalue weighted by Gasteiger charge is -2.25. The number of pyridine rings is 1. The van der Waals surface area contributed by atoms with E-state index in [0.29, 0.717) is 10.8 Å². The number of rotatable bonds is 5. The highest BCUT2D eigenvalue weighted by molar-refractivity contribution is 6.32. The molecule has 0 bridgehead atoms. The zero-order valence-electron chi connectivity index (χ0n) is 14.7. The molecule has 3 aromatic rings. The van der Waals surface area contributed by atoms with Crippen LogP contribution in [0.25, 0.3) is 11.1 Å². The van der Waals surface area contributed by atoms with Crippen LogP contribution in [0, 0.1) is 11.7 Å². The maximum Gasteiger partial charge on any atom is 0.141 e. The van der Waals surface area contributed by atoms with Crippen LogP contribution in [0.15, 0.2) is 67.0 Å². The minimum absolute atomic E-state index is 0.235. The predicted molar refractivity (Wildman–Crippen MR) is 105 cm³/mol. The first-order valence-electron chi connectivity index (χ1n) is 9.03.